The normalized spacial score (nSPS) is 14.5. The zero-order valence-corrected chi connectivity index (χ0v) is 7.76. The van der Waals surface area contributed by atoms with Gasteiger partial charge in [-0.25, -0.2) is 0 Å². The van der Waals surface area contributed by atoms with Crippen LogP contribution in [0.15, 0.2) is 18.2 Å². The van der Waals surface area contributed by atoms with Crippen LogP contribution in [-0.2, 0) is 11.3 Å². The molecule has 1 aliphatic heterocycles. The fourth-order valence-electron chi connectivity index (χ4n) is 1.70. The topological polar surface area (TPSA) is 33.3 Å². The predicted octanol–water partition coefficient (Wildman–Crippen LogP) is 2.02. The van der Waals surface area contributed by atoms with Crippen molar-refractivity contribution < 1.29 is 4.84 Å². The first-order valence-corrected chi connectivity index (χ1v) is 4.56. The van der Waals surface area contributed by atoms with Gasteiger partial charge in [0.25, 0.3) is 0 Å². The minimum Gasteiger partial charge on any atom is -0.383 e. The van der Waals surface area contributed by atoms with Gasteiger partial charge in [-0.2, -0.15) is 0 Å². The predicted molar refractivity (Wildman–Crippen MR) is 53.9 cm³/mol. The number of benzene rings is 1. The maximum absolute atomic E-state index is 4.90. The summed E-state index contributed by atoms with van der Waals surface area (Å²) in [5.41, 5.74) is 6.46. The number of fused-ring (bicyclic) bond motifs is 1. The molecule has 0 saturated heterocycles. The smallest absolute Gasteiger partial charge is 0.0838 e. The van der Waals surface area contributed by atoms with Gasteiger partial charge >= 0.3 is 0 Å². The average molecular weight is 178 g/mol. The Balaban J connectivity index is 2.34. The zero-order chi connectivity index (χ0) is 9.10. The second-order valence-corrected chi connectivity index (χ2v) is 3.18. The van der Waals surface area contributed by atoms with Gasteiger partial charge in [0, 0.05) is 6.54 Å². The first-order chi connectivity index (χ1) is 6.42. The van der Waals surface area contributed by atoms with E-state index in [9.17, 15) is 0 Å². The summed E-state index contributed by atoms with van der Waals surface area (Å²) in [7, 11) is 1.63. The van der Waals surface area contributed by atoms with E-state index in [0.717, 1.165) is 18.7 Å². The first kappa shape index (κ1) is 8.38. The van der Waals surface area contributed by atoms with Crippen LogP contribution in [0.25, 0.3) is 0 Å². The van der Waals surface area contributed by atoms with Crippen LogP contribution in [0.2, 0.25) is 0 Å². The van der Waals surface area contributed by atoms with E-state index in [1.54, 1.807) is 7.11 Å². The van der Waals surface area contributed by atoms with E-state index in [1.807, 2.05) is 12.1 Å². The Kier molecular flexibility index (Phi) is 2.36. The summed E-state index contributed by atoms with van der Waals surface area (Å²) in [4.78, 5) is 4.90. The molecule has 0 spiro atoms. The van der Waals surface area contributed by atoms with Crippen molar-refractivity contribution in [2.24, 2.45) is 0 Å². The summed E-state index contributed by atoms with van der Waals surface area (Å²) >= 11 is 0. The summed E-state index contributed by atoms with van der Waals surface area (Å²) in [5.74, 6) is 0. The molecule has 1 aromatic rings. The van der Waals surface area contributed by atoms with E-state index in [2.05, 4.69) is 16.9 Å². The van der Waals surface area contributed by atoms with Crippen molar-refractivity contribution in [1.29, 1.82) is 0 Å². The van der Waals surface area contributed by atoms with Crippen LogP contribution in [-0.4, -0.2) is 13.7 Å². The molecule has 13 heavy (non-hydrogen) atoms. The van der Waals surface area contributed by atoms with Gasteiger partial charge in [-0.15, -0.1) is 0 Å². The number of anilines is 2. The molecule has 1 aromatic carbocycles. The molecule has 0 aliphatic carbocycles. The highest BCUT2D eigenvalue weighted by molar-refractivity contribution is 5.72. The summed E-state index contributed by atoms with van der Waals surface area (Å²) < 4.78 is 0. The van der Waals surface area contributed by atoms with Crippen molar-refractivity contribution in [3.8, 4) is 0 Å². The molecule has 2 N–H and O–H groups in total. The second kappa shape index (κ2) is 3.66. The lowest BCUT2D eigenvalue weighted by Gasteiger charge is -2.20. The fourth-order valence-corrected chi connectivity index (χ4v) is 1.70. The van der Waals surface area contributed by atoms with Crippen LogP contribution in [0.3, 0.4) is 0 Å². The maximum atomic E-state index is 4.90. The van der Waals surface area contributed by atoms with E-state index in [0.29, 0.717) is 0 Å². The first-order valence-electron chi connectivity index (χ1n) is 4.56. The highest BCUT2D eigenvalue weighted by atomic mass is 16.6. The third-order valence-corrected chi connectivity index (χ3v) is 2.29. The van der Waals surface area contributed by atoms with Crippen LogP contribution < -0.4 is 10.8 Å². The molecule has 3 nitrogen and oxygen atoms in total. The van der Waals surface area contributed by atoms with Gasteiger partial charge in [0.05, 0.1) is 18.5 Å². The molecule has 0 amide bonds. The van der Waals surface area contributed by atoms with Gasteiger partial charge in [-0.1, -0.05) is 12.1 Å². The zero-order valence-electron chi connectivity index (χ0n) is 7.76. The molecule has 1 heterocycles. The fraction of sp³-hybridized carbons (Fsp3) is 0.400. The molecular formula is C10H14N2O. The van der Waals surface area contributed by atoms with Crippen LogP contribution in [0.5, 0.6) is 0 Å². The van der Waals surface area contributed by atoms with E-state index in [1.165, 1.54) is 17.7 Å². The molecule has 0 aromatic heterocycles. The molecule has 3 heteroatoms. The van der Waals surface area contributed by atoms with Gasteiger partial charge in [-0.05, 0) is 24.5 Å². The molecule has 0 bridgehead atoms. The van der Waals surface area contributed by atoms with Gasteiger partial charge in [0.1, 0.15) is 0 Å². The Labute approximate surface area is 78.1 Å². The van der Waals surface area contributed by atoms with Crippen LogP contribution in [0.1, 0.15) is 12.0 Å². The number of nitrogens with one attached hydrogen (secondary N) is 2. The van der Waals surface area contributed by atoms with Crippen molar-refractivity contribution >= 4 is 11.4 Å². The van der Waals surface area contributed by atoms with Crippen molar-refractivity contribution in [2.45, 2.75) is 12.8 Å². The third-order valence-electron chi connectivity index (χ3n) is 2.29. The van der Waals surface area contributed by atoms with Crippen LogP contribution >= 0.6 is 0 Å². The Morgan fingerprint density at radius 3 is 3.23 bits per heavy atom. The summed E-state index contributed by atoms with van der Waals surface area (Å²) in [6.45, 7) is 1.05. The van der Waals surface area contributed by atoms with Gasteiger partial charge in [0.15, 0.2) is 0 Å². The highest BCUT2D eigenvalue weighted by Crippen LogP contribution is 2.29. The summed E-state index contributed by atoms with van der Waals surface area (Å²) in [6, 6.07) is 6.22. The maximum Gasteiger partial charge on any atom is 0.0838 e. The number of rotatable bonds is 2. The molecule has 0 radical (unpaired) electrons. The molecule has 0 fully saturated rings. The quantitative estimate of drug-likeness (QED) is 0.680. The molecule has 2 rings (SSSR count). The van der Waals surface area contributed by atoms with Crippen LogP contribution in [0.4, 0.5) is 11.4 Å². The van der Waals surface area contributed by atoms with Gasteiger partial charge < -0.3 is 5.32 Å². The molecule has 0 atom stereocenters. The Morgan fingerprint density at radius 1 is 1.46 bits per heavy atom. The summed E-state index contributed by atoms with van der Waals surface area (Å²) in [6.07, 6.45) is 2.37. The number of para-hydroxylation sites is 1. The lowest BCUT2D eigenvalue weighted by molar-refractivity contribution is 0.271. The molecule has 1 aliphatic rings. The number of aryl methyl sites for hydroxylation is 1. The van der Waals surface area contributed by atoms with Gasteiger partial charge in [-0.3, -0.25) is 10.3 Å². The van der Waals surface area contributed by atoms with E-state index < -0.39 is 0 Å². The molecule has 70 valence electrons. The lowest BCUT2D eigenvalue weighted by atomic mass is 10.0. The van der Waals surface area contributed by atoms with E-state index in [-0.39, 0.29) is 0 Å². The lowest BCUT2D eigenvalue weighted by Crippen LogP contribution is -2.13. The highest BCUT2D eigenvalue weighted by Gasteiger charge is 2.11. The Bertz CT molecular complexity index is 299. The molecule has 0 unspecified atom stereocenters. The molecule has 0 saturated carbocycles. The summed E-state index contributed by atoms with van der Waals surface area (Å²) in [5, 5.41) is 3.37. The Hall–Kier alpha value is -1.22. The van der Waals surface area contributed by atoms with Gasteiger partial charge in [0.2, 0.25) is 0 Å². The van der Waals surface area contributed by atoms with Crippen molar-refractivity contribution in [2.75, 3.05) is 24.5 Å². The standard InChI is InChI=1S/C10H14N2O/c1-13-12-9-6-2-4-8-5-3-7-11-10(8)9/h2,4,6,11-12H,3,5,7H2,1H3. The largest absolute Gasteiger partial charge is 0.383 e. The molecular weight excluding hydrogens is 164 g/mol. The van der Waals surface area contributed by atoms with E-state index in [4.69, 9.17) is 4.84 Å². The SMILES string of the molecule is CONc1cccc2c1NCCC2. The minimum atomic E-state index is 1.03. The van der Waals surface area contributed by atoms with Crippen LogP contribution in [0, 0.1) is 0 Å². The Morgan fingerprint density at radius 2 is 2.38 bits per heavy atom. The minimum absolute atomic E-state index is 1.03. The van der Waals surface area contributed by atoms with Crippen molar-refractivity contribution in [1.82, 2.24) is 0 Å². The number of hydrogen-bond acceptors (Lipinski definition) is 3. The second-order valence-electron chi connectivity index (χ2n) is 3.18. The van der Waals surface area contributed by atoms with E-state index >= 15 is 0 Å². The number of hydrogen-bond donors (Lipinski definition) is 2. The third kappa shape index (κ3) is 1.60. The monoisotopic (exact) mass is 178 g/mol. The van der Waals surface area contributed by atoms with Crippen molar-refractivity contribution in [3.63, 3.8) is 0 Å². The van der Waals surface area contributed by atoms with Crippen molar-refractivity contribution in [3.05, 3.63) is 23.8 Å². The average Bonchev–Trinajstić information content (AvgIpc) is 2.19.